The Morgan fingerprint density at radius 3 is 2.41 bits per heavy atom. The van der Waals surface area contributed by atoms with Crippen LogP contribution in [0.1, 0.15) is 30.6 Å². The molecule has 29 heavy (non-hydrogen) atoms. The Bertz CT molecular complexity index is 894. The summed E-state index contributed by atoms with van der Waals surface area (Å²) in [6.45, 7) is 4.60. The predicted molar refractivity (Wildman–Crippen MR) is 112 cm³/mol. The molecule has 0 radical (unpaired) electrons. The van der Waals surface area contributed by atoms with E-state index in [4.69, 9.17) is 16.3 Å². The molecule has 2 aromatic rings. The third-order valence-electron chi connectivity index (χ3n) is 4.57. The topological polar surface area (TPSA) is 75.7 Å². The van der Waals surface area contributed by atoms with Crippen LogP contribution in [0.25, 0.3) is 0 Å². The van der Waals surface area contributed by atoms with Crippen molar-refractivity contribution < 1.29 is 19.1 Å². The number of amides is 2. The first-order valence-electron chi connectivity index (χ1n) is 9.47. The minimum Gasteiger partial charge on any atom is -0.462 e. The maximum atomic E-state index is 12.6. The van der Waals surface area contributed by atoms with Gasteiger partial charge >= 0.3 is 5.97 Å². The number of hydrogen-bond acceptors (Lipinski definition) is 4. The number of rotatable bonds is 6. The fourth-order valence-corrected chi connectivity index (χ4v) is 3.14. The first-order chi connectivity index (χ1) is 13.8. The largest absolute Gasteiger partial charge is 0.462 e. The van der Waals surface area contributed by atoms with Crippen LogP contribution in [0, 0.1) is 11.8 Å². The van der Waals surface area contributed by atoms with Crippen LogP contribution in [0.2, 0.25) is 5.02 Å². The number of hydrogen-bond donors (Lipinski definition) is 1. The molecule has 1 N–H and O–H groups in total. The molecule has 3 rings (SSSR count). The molecule has 7 heteroatoms. The number of ether oxygens (including phenoxy) is 1. The van der Waals surface area contributed by atoms with Crippen molar-refractivity contribution in [2.24, 2.45) is 11.8 Å². The molecule has 0 bridgehead atoms. The van der Waals surface area contributed by atoms with Crippen LogP contribution in [0.4, 0.5) is 11.4 Å². The van der Waals surface area contributed by atoms with E-state index >= 15 is 0 Å². The lowest BCUT2D eigenvalue weighted by Gasteiger charge is -2.16. The van der Waals surface area contributed by atoms with E-state index in [9.17, 15) is 14.4 Å². The van der Waals surface area contributed by atoms with Crippen LogP contribution in [0.3, 0.4) is 0 Å². The number of nitrogens with zero attached hydrogens (tertiary/aromatic N) is 1. The number of halogens is 1. The van der Waals surface area contributed by atoms with Crippen molar-refractivity contribution >= 4 is 40.8 Å². The average molecular weight is 415 g/mol. The van der Waals surface area contributed by atoms with Crippen molar-refractivity contribution in [3.05, 3.63) is 59.1 Å². The Labute approximate surface area is 174 Å². The van der Waals surface area contributed by atoms with E-state index in [1.165, 1.54) is 0 Å². The Hall–Kier alpha value is -2.86. The van der Waals surface area contributed by atoms with Gasteiger partial charge in [-0.3, -0.25) is 9.59 Å². The number of esters is 1. The zero-order valence-corrected chi connectivity index (χ0v) is 17.1. The van der Waals surface area contributed by atoms with Gasteiger partial charge in [-0.05, 0) is 54.4 Å². The van der Waals surface area contributed by atoms with Crippen LogP contribution in [0.15, 0.2) is 48.5 Å². The quantitative estimate of drug-likeness (QED) is 0.720. The molecular formula is C22H23ClN2O4. The van der Waals surface area contributed by atoms with Crippen molar-refractivity contribution in [2.75, 3.05) is 23.4 Å². The van der Waals surface area contributed by atoms with E-state index in [0.29, 0.717) is 29.4 Å². The second-order valence-electron chi connectivity index (χ2n) is 7.44. The van der Waals surface area contributed by atoms with E-state index in [2.05, 4.69) is 5.32 Å². The van der Waals surface area contributed by atoms with Gasteiger partial charge in [0, 0.05) is 29.4 Å². The summed E-state index contributed by atoms with van der Waals surface area (Å²) in [4.78, 5) is 38.5. The van der Waals surface area contributed by atoms with Gasteiger partial charge in [0.05, 0.1) is 18.1 Å². The number of anilines is 2. The number of benzene rings is 2. The van der Waals surface area contributed by atoms with Crippen molar-refractivity contribution in [3.8, 4) is 0 Å². The van der Waals surface area contributed by atoms with Gasteiger partial charge < -0.3 is 15.0 Å². The summed E-state index contributed by atoms with van der Waals surface area (Å²) in [6.07, 6.45) is 0.147. The van der Waals surface area contributed by atoms with Gasteiger partial charge in [-0.25, -0.2) is 4.79 Å². The SMILES string of the molecule is CC(C)COC(=O)c1ccc(NC(=O)C2CC(=O)N(c3ccc(Cl)cc3)C2)cc1. The third kappa shape index (κ3) is 5.35. The van der Waals surface area contributed by atoms with Gasteiger partial charge in [0.2, 0.25) is 11.8 Å². The van der Waals surface area contributed by atoms with E-state index in [1.54, 1.807) is 53.4 Å². The minimum atomic E-state index is -0.450. The smallest absolute Gasteiger partial charge is 0.338 e. The van der Waals surface area contributed by atoms with Crippen molar-refractivity contribution in [3.63, 3.8) is 0 Å². The molecule has 1 fully saturated rings. The highest BCUT2D eigenvalue weighted by Gasteiger charge is 2.35. The summed E-state index contributed by atoms with van der Waals surface area (Å²) < 4.78 is 5.19. The molecule has 0 aliphatic carbocycles. The molecular weight excluding hydrogens is 392 g/mol. The fraction of sp³-hybridized carbons (Fsp3) is 0.318. The molecule has 152 valence electrons. The molecule has 1 atom stereocenters. The summed E-state index contributed by atoms with van der Waals surface area (Å²) >= 11 is 5.89. The number of nitrogens with one attached hydrogen (secondary N) is 1. The minimum absolute atomic E-state index is 0.101. The maximum Gasteiger partial charge on any atom is 0.338 e. The highest BCUT2D eigenvalue weighted by molar-refractivity contribution is 6.30. The van der Waals surface area contributed by atoms with Gasteiger partial charge in [-0.15, -0.1) is 0 Å². The van der Waals surface area contributed by atoms with Gasteiger partial charge in [-0.2, -0.15) is 0 Å². The maximum absolute atomic E-state index is 12.6. The summed E-state index contributed by atoms with van der Waals surface area (Å²) in [7, 11) is 0. The van der Waals surface area contributed by atoms with Crippen LogP contribution in [-0.4, -0.2) is 30.9 Å². The Morgan fingerprint density at radius 1 is 1.14 bits per heavy atom. The molecule has 0 saturated carbocycles. The molecule has 1 unspecified atom stereocenters. The van der Waals surface area contributed by atoms with Crippen LogP contribution in [-0.2, 0) is 14.3 Å². The standard InChI is InChI=1S/C22H23ClN2O4/c1-14(2)13-29-22(28)15-3-7-18(8-4-15)24-21(27)16-11-20(26)25(12-16)19-9-5-17(23)6-10-19/h3-10,14,16H,11-13H2,1-2H3,(H,24,27). The first-order valence-corrected chi connectivity index (χ1v) is 9.85. The van der Waals surface area contributed by atoms with Crippen LogP contribution in [0.5, 0.6) is 0 Å². The second kappa shape index (κ2) is 9.09. The predicted octanol–water partition coefficient (Wildman–Crippen LogP) is 4.14. The van der Waals surface area contributed by atoms with Crippen molar-refractivity contribution in [2.45, 2.75) is 20.3 Å². The lowest BCUT2D eigenvalue weighted by atomic mass is 10.1. The zero-order valence-electron chi connectivity index (χ0n) is 16.4. The fourth-order valence-electron chi connectivity index (χ4n) is 3.01. The first kappa shape index (κ1) is 20.9. The molecule has 1 aliphatic heterocycles. The van der Waals surface area contributed by atoms with Crippen LogP contribution < -0.4 is 10.2 Å². The highest BCUT2D eigenvalue weighted by atomic mass is 35.5. The monoisotopic (exact) mass is 414 g/mol. The van der Waals surface area contributed by atoms with E-state index in [1.807, 2.05) is 13.8 Å². The summed E-state index contributed by atoms with van der Waals surface area (Å²) in [5.41, 5.74) is 1.71. The molecule has 1 saturated heterocycles. The molecule has 2 amide bonds. The van der Waals surface area contributed by atoms with E-state index in [0.717, 1.165) is 5.69 Å². The van der Waals surface area contributed by atoms with Gasteiger partial charge in [0.25, 0.3) is 0 Å². The second-order valence-corrected chi connectivity index (χ2v) is 7.88. The summed E-state index contributed by atoms with van der Waals surface area (Å²) in [5.74, 6) is -0.912. The Kier molecular flexibility index (Phi) is 6.54. The molecule has 0 aromatic heterocycles. The van der Waals surface area contributed by atoms with E-state index < -0.39 is 11.9 Å². The van der Waals surface area contributed by atoms with E-state index in [-0.39, 0.29) is 24.2 Å². The molecule has 1 aliphatic rings. The summed E-state index contributed by atoms with van der Waals surface area (Å²) in [6, 6.07) is 13.5. The Balaban J connectivity index is 1.58. The molecule has 6 nitrogen and oxygen atoms in total. The van der Waals surface area contributed by atoms with Crippen molar-refractivity contribution in [1.29, 1.82) is 0 Å². The van der Waals surface area contributed by atoms with Gasteiger partial charge in [-0.1, -0.05) is 25.4 Å². The number of carbonyl (C=O) groups excluding carboxylic acids is 3. The van der Waals surface area contributed by atoms with Gasteiger partial charge in [0.1, 0.15) is 0 Å². The van der Waals surface area contributed by atoms with Gasteiger partial charge in [0.15, 0.2) is 0 Å². The molecule has 1 heterocycles. The average Bonchev–Trinajstić information content (AvgIpc) is 3.09. The molecule has 2 aromatic carbocycles. The highest BCUT2D eigenvalue weighted by Crippen LogP contribution is 2.27. The number of carbonyl (C=O) groups is 3. The van der Waals surface area contributed by atoms with Crippen molar-refractivity contribution in [1.82, 2.24) is 0 Å². The summed E-state index contributed by atoms with van der Waals surface area (Å²) in [5, 5.41) is 3.40. The zero-order chi connectivity index (χ0) is 21.0. The molecule has 0 spiro atoms. The lowest BCUT2D eigenvalue weighted by Crippen LogP contribution is -2.28. The third-order valence-corrected chi connectivity index (χ3v) is 4.82. The lowest BCUT2D eigenvalue weighted by molar-refractivity contribution is -0.122. The Morgan fingerprint density at radius 2 is 1.79 bits per heavy atom. The van der Waals surface area contributed by atoms with Crippen LogP contribution >= 0.6 is 11.6 Å². The normalized spacial score (nSPS) is 16.2.